The molecule has 0 aromatic rings. The SMILES string of the molecule is C=C(C)C(=O)OC(CC)[Si](OCC)(OCC)OCC.CCC(S)[Si](OC)(OC)OC. The fourth-order valence-corrected chi connectivity index (χ4v) is 8.08. The van der Waals surface area contributed by atoms with Crippen molar-refractivity contribution in [2.24, 2.45) is 0 Å². The Kier molecular flexibility index (Phi) is 18.4. The Hall–Kier alpha value is -0.246. The van der Waals surface area contributed by atoms with Gasteiger partial charge < -0.3 is 31.3 Å². The monoisotopic (exact) mass is 486 g/mol. The number of ether oxygens (including phenoxy) is 1. The first-order chi connectivity index (χ1) is 14.1. The van der Waals surface area contributed by atoms with Crippen LogP contribution in [0, 0.1) is 0 Å². The Labute approximate surface area is 190 Å². The molecule has 0 bridgehead atoms. The van der Waals surface area contributed by atoms with Gasteiger partial charge in [0, 0.05) is 46.7 Å². The molecule has 0 amide bonds. The lowest BCUT2D eigenvalue weighted by Crippen LogP contribution is -2.58. The van der Waals surface area contributed by atoms with Crippen molar-refractivity contribution in [1.29, 1.82) is 0 Å². The zero-order valence-corrected chi connectivity index (χ0v) is 23.0. The van der Waals surface area contributed by atoms with E-state index in [1.54, 1.807) is 28.3 Å². The molecule has 0 saturated carbocycles. The minimum atomic E-state index is -3.02. The van der Waals surface area contributed by atoms with Crippen LogP contribution in [0.5, 0.6) is 0 Å². The first kappa shape index (κ1) is 31.9. The smallest absolute Gasteiger partial charge is 0.454 e. The summed E-state index contributed by atoms with van der Waals surface area (Å²) in [6.45, 7) is 16.1. The van der Waals surface area contributed by atoms with E-state index in [1.807, 2.05) is 34.6 Å². The van der Waals surface area contributed by atoms with Gasteiger partial charge in [0.1, 0.15) is 0 Å². The van der Waals surface area contributed by atoms with Gasteiger partial charge in [-0.1, -0.05) is 20.4 Å². The summed E-state index contributed by atoms with van der Waals surface area (Å²) in [5, 5.41) is 0. The van der Waals surface area contributed by atoms with Crippen LogP contribution >= 0.6 is 12.6 Å². The zero-order chi connectivity index (χ0) is 23.8. The Bertz CT molecular complexity index is 452. The molecular formula is C19H42O8SSi2. The standard InChI is InChI=1S/C13H26O5Si.C6H16O3SSi/c1-7-12(18-13(14)11(5)6)19(15-8-2,16-9-3)17-10-4;1-5-6(10)11(7-2,8-3)9-4/h12H,5,7-10H2,1-4,6H3;6,10H,5H2,1-4H3. The molecule has 2 unspecified atom stereocenters. The molecular weight excluding hydrogens is 444 g/mol. The first-order valence-corrected chi connectivity index (χ1v) is 14.4. The van der Waals surface area contributed by atoms with Gasteiger partial charge in [-0.25, -0.2) is 4.79 Å². The predicted octanol–water partition coefficient (Wildman–Crippen LogP) is 3.58. The van der Waals surface area contributed by atoms with Crippen LogP contribution in [-0.4, -0.2) is 75.3 Å². The molecule has 0 aromatic heterocycles. The van der Waals surface area contributed by atoms with Crippen molar-refractivity contribution in [2.75, 3.05) is 41.2 Å². The first-order valence-electron chi connectivity index (χ1n) is 10.3. The maximum Gasteiger partial charge on any atom is 0.544 e. The van der Waals surface area contributed by atoms with Gasteiger partial charge in [0.15, 0.2) is 5.73 Å². The molecule has 30 heavy (non-hydrogen) atoms. The van der Waals surface area contributed by atoms with E-state index >= 15 is 0 Å². The lowest BCUT2D eigenvalue weighted by Gasteiger charge is -2.34. The highest BCUT2D eigenvalue weighted by Crippen LogP contribution is 2.22. The second-order valence-corrected chi connectivity index (χ2v) is 13.1. The lowest BCUT2D eigenvalue weighted by molar-refractivity contribution is -0.144. The predicted molar refractivity (Wildman–Crippen MR) is 125 cm³/mol. The fourth-order valence-electron chi connectivity index (χ4n) is 2.55. The number of esters is 1. The molecule has 8 nitrogen and oxygen atoms in total. The normalized spacial score (nSPS) is 13.8. The molecule has 0 aliphatic carbocycles. The third-order valence-electron chi connectivity index (χ3n) is 4.05. The van der Waals surface area contributed by atoms with Crippen LogP contribution in [0.2, 0.25) is 0 Å². The minimum Gasteiger partial charge on any atom is -0.454 e. The molecule has 0 radical (unpaired) electrons. The summed E-state index contributed by atoms with van der Waals surface area (Å²) in [6, 6.07) is 0. The topological polar surface area (TPSA) is 81.7 Å². The third-order valence-corrected chi connectivity index (χ3v) is 11.7. The highest BCUT2D eigenvalue weighted by atomic mass is 32.1. The van der Waals surface area contributed by atoms with Crippen molar-refractivity contribution >= 4 is 36.2 Å². The second kappa shape index (κ2) is 17.3. The molecule has 0 fully saturated rings. The number of hydrogen-bond acceptors (Lipinski definition) is 9. The van der Waals surface area contributed by atoms with Crippen LogP contribution in [-0.2, 0) is 36.1 Å². The van der Waals surface area contributed by atoms with E-state index in [9.17, 15) is 4.79 Å². The van der Waals surface area contributed by atoms with Gasteiger partial charge in [0.2, 0.25) is 0 Å². The largest absolute Gasteiger partial charge is 0.544 e. The molecule has 0 rings (SSSR count). The highest BCUT2D eigenvalue weighted by Gasteiger charge is 2.51. The summed E-state index contributed by atoms with van der Waals surface area (Å²) >= 11 is 4.34. The summed E-state index contributed by atoms with van der Waals surface area (Å²) in [5.74, 6) is -0.442. The molecule has 0 heterocycles. The summed E-state index contributed by atoms with van der Waals surface area (Å²) < 4.78 is 38.2. The number of hydrogen-bond donors (Lipinski definition) is 1. The third kappa shape index (κ3) is 9.92. The van der Waals surface area contributed by atoms with Crippen molar-refractivity contribution in [3.05, 3.63) is 12.2 Å². The van der Waals surface area contributed by atoms with Gasteiger partial charge in [0.25, 0.3) is 0 Å². The molecule has 0 N–H and O–H groups in total. The van der Waals surface area contributed by atoms with Crippen molar-refractivity contribution in [2.45, 2.75) is 65.0 Å². The second-order valence-electron chi connectivity index (χ2n) is 6.13. The minimum absolute atomic E-state index is 0.0579. The maximum absolute atomic E-state index is 11.7. The van der Waals surface area contributed by atoms with Gasteiger partial charge >= 0.3 is 23.6 Å². The number of carbonyl (C=O) groups excluding carboxylic acids is 1. The Morgan fingerprint density at radius 3 is 1.43 bits per heavy atom. The van der Waals surface area contributed by atoms with Crippen LogP contribution in [0.25, 0.3) is 0 Å². The van der Waals surface area contributed by atoms with E-state index in [4.69, 9.17) is 31.3 Å². The maximum atomic E-state index is 11.7. The van der Waals surface area contributed by atoms with Crippen LogP contribution in [0.3, 0.4) is 0 Å². The highest BCUT2D eigenvalue weighted by molar-refractivity contribution is 7.83. The Balaban J connectivity index is 0. The number of thiol groups is 1. The summed E-state index contributed by atoms with van der Waals surface area (Å²) in [4.78, 5) is 11.8. The van der Waals surface area contributed by atoms with Gasteiger partial charge in [0.05, 0.1) is 4.87 Å². The van der Waals surface area contributed by atoms with E-state index < -0.39 is 29.3 Å². The zero-order valence-electron chi connectivity index (χ0n) is 20.1. The van der Waals surface area contributed by atoms with Gasteiger partial charge in [-0.05, 0) is 40.5 Å². The van der Waals surface area contributed by atoms with Gasteiger partial charge in [-0.15, -0.1) is 0 Å². The van der Waals surface area contributed by atoms with Crippen LogP contribution in [0.15, 0.2) is 12.2 Å². The van der Waals surface area contributed by atoms with Gasteiger partial charge in [-0.3, -0.25) is 0 Å². The van der Waals surface area contributed by atoms with Crippen LogP contribution < -0.4 is 0 Å². The average molecular weight is 487 g/mol. The molecule has 0 aromatic carbocycles. The van der Waals surface area contributed by atoms with Crippen molar-refractivity contribution in [1.82, 2.24) is 0 Å². The summed E-state index contributed by atoms with van der Waals surface area (Å²) in [6.07, 6.45) is 1.45. The lowest BCUT2D eigenvalue weighted by atomic mass is 10.4. The quantitative estimate of drug-likeness (QED) is 0.163. The molecule has 0 aliphatic rings. The van der Waals surface area contributed by atoms with E-state index in [0.717, 1.165) is 6.42 Å². The fraction of sp³-hybridized carbons (Fsp3) is 0.842. The molecule has 0 spiro atoms. The molecule has 0 aliphatic heterocycles. The van der Waals surface area contributed by atoms with E-state index in [2.05, 4.69) is 19.2 Å². The summed E-state index contributed by atoms with van der Waals surface area (Å²) in [7, 11) is -0.688. The van der Waals surface area contributed by atoms with E-state index in [0.29, 0.717) is 31.8 Å². The molecule has 11 heteroatoms. The van der Waals surface area contributed by atoms with Crippen LogP contribution in [0.4, 0.5) is 0 Å². The van der Waals surface area contributed by atoms with E-state index in [1.165, 1.54) is 0 Å². The average Bonchev–Trinajstić information content (AvgIpc) is 2.74. The van der Waals surface area contributed by atoms with Crippen LogP contribution in [0.1, 0.15) is 54.4 Å². The molecule has 2 atom stereocenters. The van der Waals surface area contributed by atoms with E-state index in [-0.39, 0.29) is 4.87 Å². The Morgan fingerprint density at radius 2 is 1.23 bits per heavy atom. The Morgan fingerprint density at radius 1 is 0.833 bits per heavy atom. The van der Waals surface area contributed by atoms with Crippen molar-refractivity contribution in [3.63, 3.8) is 0 Å². The molecule has 180 valence electrons. The number of rotatable bonds is 15. The van der Waals surface area contributed by atoms with Gasteiger partial charge in [-0.2, -0.15) is 12.6 Å². The summed E-state index contributed by atoms with van der Waals surface area (Å²) in [5.41, 5.74) is -0.151. The molecule has 0 saturated heterocycles. The number of carbonyl (C=O) groups is 1. The van der Waals surface area contributed by atoms with Crippen molar-refractivity contribution < 1.29 is 36.1 Å². The van der Waals surface area contributed by atoms with Crippen molar-refractivity contribution in [3.8, 4) is 0 Å².